The van der Waals surface area contributed by atoms with Gasteiger partial charge in [-0.1, -0.05) is 18.2 Å². The van der Waals surface area contributed by atoms with E-state index in [2.05, 4.69) is 10.3 Å². The number of hydrogen-bond donors (Lipinski definition) is 1. The Kier molecular flexibility index (Phi) is 3.76. The minimum atomic E-state index is -0.597. The Morgan fingerprint density at radius 2 is 2.05 bits per heavy atom. The van der Waals surface area contributed by atoms with Crippen molar-refractivity contribution in [3.8, 4) is 0 Å². The van der Waals surface area contributed by atoms with Gasteiger partial charge in [0.15, 0.2) is 0 Å². The predicted octanol–water partition coefficient (Wildman–Crippen LogP) is 3.75. The van der Waals surface area contributed by atoms with Crippen LogP contribution < -0.4 is 5.32 Å². The van der Waals surface area contributed by atoms with E-state index in [-0.39, 0.29) is 11.8 Å². The Labute approximate surface area is 118 Å². The lowest BCUT2D eigenvalue weighted by molar-refractivity contribution is -0.122. The van der Waals surface area contributed by atoms with Crippen LogP contribution in [0, 0.1) is 12.3 Å². The molecule has 1 aromatic carbocycles. The molecule has 1 amide bonds. The highest BCUT2D eigenvalue weighted by atomic mass is 35.5. The normalized spacial score (nSPS) is 11.6. The van der Waals surface area contributed by atoms with Gasteiger partial charge in [0.1, 0.15) is 0 Å². The predicted molar refractivity (Wildman–Crippen MR) is 79.6 cm³/mol. The first-order valence-corrected chi connectivity index (χ1v) is 6.71. The lowest BCUT2D eigenvalue weighted by Gasteiger charge is -2.21. The van der Waals surface area contributed by atoms with Crippen molar-refractivity contribution in [2.75, 3.05) is 11.2 Å². The van der Waals surface area contributed by atoms with Gasteiger partial charge in [-0.15, -0.1) is 11.6 Å². The number of fused-ring (bicyclic) bond motifs is 1. The van der Waals surface area contributed by atoms with Crippen LogP contribution in [0.25, 0.3) is 10.9 Å². The molecule has 0 atom stereocenters. The fourth-order valence-electron chi connectivity index (χ4n) is 1.76. The molecule has 0 saturated carbocycles. The van der Waals surface area contributed by atoms with Gasteiger partial charge in [0.25, 0.3) is 0 Å². The van der Waals surface area contributed by atoms with Gasteiger partial charge in [-0.25, -0.2) is 0 Å². The summed E-state index contributed by atoms with van der Waals surface area (Å²) in [6.45, 7) is 5.56. The Balaban J connectivity index is 2.43. The zero-order valence-corrected chi connectivity index (χ0v) is 12.1. The fraction of sp³-hybridized carbons (Fsp3) is 0.333. The number of rotatable bonds is 3. The number of benzene rings is 1. The van der Waals surface area contributed by atoms with Crippen molar-refractivity contribution in [1.82, 2.24) is 4.98 Å². The number of hydrogen-bond acceptors (Lipinski definition) is 2. The van der Waals surface area contributed by atoms with E-state index in [1.807, 2.05) is 51.1 Å². The average molecular weight is 277 g/mol. The molecule has 0 saturated heterocycles. The molecule has 19 heavy (non-hydrogen) atoms. The Bertz CT molecular complexity index is 623. The lowest BCUT2D eigenvalue weighted by atomic mass is 9.95. The van der Waals surface area contributed by atoms with E-state index >= 15 is 0 Å². The molecule has 2 rings (SSSR count). The van der Waals surface area contributed by atoms with E-state index in [1.165, 1.54) is 0 Å². The number of nitrogens with one attached hydrogen (secondary N) is 1. The first-order chi connectivity index (χ1) is 8.94. The maximum Gasteiger partial charge on any atom is 0.231 e. The van der Waals surface area contributed by atoms with E-state index < -0.39 is 5.41 Å². The molecule has 0 bridgehead atoms. The number of aromatic nitrogens is 1. The fourth-order valence-corrected chi connectivity index (χ4v) is 1.88. The number of carbonyl (C=O) groups excluding carboxylic acids is 1. The highest BCUT2D eigenvalue weighted by Gasteiger charge is 2.26. The van der Waals surface area contributed by atoms with Crippen molar-refractivity contribution >= 4 is 34.1 Å². The Morgan fingerprint density at radius 3 is 2.74 bits per heavy atom. The van der Waals surface area contributed by atoms with Crippen LogP contribution in [-0.4, -0.2) is 16.8 Å². The minimum Gasteiger partial charge on any atom is -0.325 e. The first-order valence-electron chi connectivity index (χ1n) is 6.18. The number of pyridine rings is 1. The van der Waals surface area contributed by atoms with E-state index in [0.29, 0.717) is 0 Å². The van der Waals surface area contributed by atoms with Gasteiger partial charge in [-0.05, 0) is 32.9 Å². The van der Waals surface area contributed by atoms with E-state index in [9.17, 15) is 4.79 Å². The molecule has 0 fully saturated rings. The second-order valence-electron chi connectivity index (χ2n) is 5.30. The lowest BCUT2D eigenvalue weighted by Crippen LogP contribution is -2.32. The van der Waals surface area contributed by atoms with Crippen LogP contribution in [0.15, 0.2) is 30.3 Å². The van der Waals surface area contributed by atoms with Crippen LogP contribution in [-0.2, 0) is 4.79 Å². The number of carbonyl (C=O) groups is 1. The van der Waals surface area contributed by atoms with Crippen molar-refractivity contribution < 1.29 is 4.79 Å². The number of halogens is 1. The third-order valence-electron chi connectivity index (χ3n) is 3.04. The van der Waals surface area contributed by atoms with Crippen LogP contribution in [0.3, 0.4) is 0 Å². The van der Waals surface area contributed by atoms with Crippen molar-refractivity contribution in [3.63, 3.8) is 0 Å². The van der Waals surface area contributed by atoms with E-state index in [1.54, 1.807) is 0 Å². The number of aryl methyl sites for hydroxylation is 1. The van der Waals surface area contributed by atoms with Gasteiger partial charge in [0, 0.05) is 17.0 Å². The Hall–Kier alpha value is -1.61. The molecule has 0 aliphatic rings. The van der Waals surface area contributed by atoms with Gasteiger partial charge in [0.05, 0.1) is 16.6 Å². The number of nitrogens with zero attached hydrogens (tertiary/aromatic N) is 1. The summed E-state index contributed by atoms with van der Waals surface area (Å²) < 4.78 is 0. The largest absolute Gasteiger partial charge is 0.325 e. The van der Waals surface area contributed by atoms with Crippen molar-refractivity contribution in [2.24, 2.45) is 5.41 Å². The van der Waals surface area contributed by atoms with Crippen molar-refractivity contribution in [2.45, 2.75) is 20.8 Å². The molecule has 1 N–H and O–H groups in total. The molecular formula is C15H17ClN2O. The second kappa shape index (κ2) is 5.17. The van der Waals surface area contributed by atoms with Gasteiger partial charge < -0.3 is 5.32 Å². The summed E-state index contributed by atoms with van der Waals surface area (Å²) in [4.78, 5) is 16.7. The third kappa shape index (κ3) is 2.87. The zero-order valence-electron chi connectivity index (χ0n) is 11.3. The van der Waals surface area contributed by atoms with Gasteiger partial charge in [-0.3, -0.25) is 9.78 Å². The summed E-state index contributed by atoms with van der Waals surface area (Å²) in [5, 5.41) is 3.89. The van der Waals surface area contributed by atoms with Crippen LogP contribution in [0.2, 0.25) is 0 Å². The second-order valence-corrected chi connectivity index (χ2v) is 5.57. The van der Waals surface area contributed by atoms with Crippen molar-refractivity contribution in [3.05, 3.63) is 36.0 Å². The van der Waals surface area contributed by atoms with Gasteiger partial charge in [-0.2, -0.15) is 0 Å². The van der Waals surface area contributed by atoms with Crippen molar-refractivity contribution in [1.29, 1.82) is 0 Å². The topological polar surface area (TPSA) is 42.0 Å². The molecule has 0 radical (unpaired) electrons. The molecule has 0 spiro atoms. The zero-order chi connectivity index (χ0) is 14.0. The smallest absolute Gasteiger partial charge is 0.231 e. The molecule has 0 aliphatic carbocycles. The molecule has 4 heteroatoms. The number of anilines is 1. The van der Waals surface area contributed by atoms with E-state index in [0.717, 1.165) is 22.3 Å². The molecule has 1 heterocycles. The number of para-hydroxylation sites is 1. The highest BCUT2D eigenvalue weighted by molar-refractivity contribution is 6.20. The molecule has 2 aromatic rings. The maximum atomic E-state index is 12.2. The third-order valence-corrected chi connectivity index (χ3v) is 3.71. The molecule has 1 aromatic heterocycles. The highest BCUT2D eigenvalue weighted by Crippen LogP contribution is 2.26. The van der Waals surface area contributed by atoms with Gasteiger partial charge >= 0.3 is 0 Å². The molecule has 100 valence electrons. The molecule has 3 nitrogen and oxygen atoms in total. The SMILES string of the molecule is Cc1cc(NC(=O)C(C)(C)CCl)c2ccccc2n1. The monoisotopic (exact) mass is 276 g/mol. The summed E-state index contributed by atoms with van der Waals surface area (Å²) in [5.74, 6) is 0.194. The number of alkyl halides is 1. The summed E-state index contributed by atoms with van der Waals surface area (Å²) in [7, 11) is 0. The summed E-state index contributed by atoms with van der Waals surface area (Å²) >= 11 is 5.83. The summed E-state index contributed by atoms with van der Waals surface area (Å²) in [6, 6.07) is 9.63. The van der Waals surface area contributed by atoms with E-state index in [4.69, 9.17) is 11.6 Å². The van der Waals surface area contributed by atoms with Gasteiger partial charge in [0.2, 0.25) is 5.91 Å². The molecule has 0 unspecified atom stereocenters. The van der Waals surface area contributed by atoms with Crippen LogP contribution in [0.5, 0.6) is 0 Å². The average Bonchev–Trinajstić information content (AvgIpc) is 2.38. The van der Waals surface area contributed by atoms with Crippen LogP contribution in [0.4, 0.5) is 5.69 Å². The summed E-state index contributed by atoms with van der Waals surface area (Å²) in [5.41, 5.74) is 1.94. The van der Waals surface area contributed by atoms with Crippen LogP contribution in [0.1, 0.15) is 19.5 Å². The van der Waals surface area contributed by atoms with Crippen LogP contribution >= 0.6 is 11.6 Å². The standard InChI is InChI=1S/C15H17ClN2O/c1-10-8-13(18-14(19)15(2,3)9-16)11-6-4-5-7-12(11)17-10/h4-8H,9H2,1-3H3,(H,17,18,19). The summed E-state index contributed by atoms with van der Waals surface area (Å²) in [6.07, 6.45) is 0. The first kappa shape index (κ1) is 13.8. The maximum absolute atomic E-state index is 12.2. The minimum absolute atomic E-state index is 0.0850. The Morgan fingerprint density at radius 1 is 1.37 bits per heavy atom. The number of amides is 1. The quantitative estimate of drug-likeness (QED) is 0.868. The molecule has 0 aliphatic heterocycles. The molecular weight excluding hydrogens is 260 g/mol.